The van der Waals surface area contributed by atoms with Crippen LogP contribution in [0, 0.1) is 27.7 Å². The maximum Gasteiger partial charge on any atom is 0.359 e. The minimum Gasteiger partial charge on any atom is -0.494 e. The van der Waals surface area contributed by atoms with Gasteiger partial charge in [-0.25, -0.2) is 9.78 Å². The van der Waals surface area contributed by atoms with Crippen molar-refractivity contribution >= 4 is 22.9 Å². The second-order valence-electron chi connectivity index (χ2n) is 8.76. The minimum atomic E-state index is -1.62. The average Bonchev–Trinajstić information content (AvgIpc) is 2.82. The number of ether oxygens (including phenoxy) is 2. The summed E-state index contributed by atoms with van der Waals surface area (Å²) in [5.41, 5.74) is 3.03. The monoisotopic (exact) mass is 485 g/mol. The van der Waals surface area contributed by atoms with Crippen LogP contribution in [0.2, 0.25) is 0 Å². The zero-order chi connectivity index (χ0) is 26.0. The number of hydrogen-bond acceptors (Lipinski definition) is 7. The molecule has 0 bridgehead atoms. The summed E-state index contributed by atoms with van der Waals surface area (Å²) in [7, 11) is 0. The van der Waals surface area contributed by atoms with Gasteiger partial charge in [0.05, 0.1) is 6.61 Å². The van der Waals surface area contributed by atoms with Gasteiger partial charge in [0.15, 0.2) is 17.3 Å². The lowest BCUT2D eigenvalue weighted by Gasteiger charge is -2.17. The molecular weight excluding hydrogens is 458 g/mol. The number of aromatic nitrogens is 1. The van der Waals surface area contributed by atoms with Crippen molar-refractivity contribution in [2.24, 2.45) is 0 Å². The molecule has 4 rings (SSSR count). The molecule has 4 aromatic rings. The number of carbonyl (C=O) groups excluding carboxylic acids is 2. The Kier molecular flexibility index (Phi) is 7.01. The molecule has 0 aliphatic heterocycles. The Hall–Kier alpha value is -4.26. The van der Waals surface area contributed by atoms with Gasteiger partial charge in [-0.05, 0) is 87.7 Å². The van der Waals surface area contributed by atoms with Gasteiger partial charge in [-0.1, -0.05) is 23.8 Å². The smallest absolute Gasteiger partial charge is 0.359 e. The van der Waals surface area contributed by atoms with Gasteiger partial charge in [-0.3, -0.25) is 9.59 Å². The van der Waals surface area contributed by atoms with E-state index < -0.39 is 23.3 Å². The van der Waals surface area contributed by atoms with Crippen LogP contribution in [-0.4, -0.2) is 23.3 Å². The molecule has 0 saturated heterocycles. The van der Waals surface area contributed by atoms with E-state index in [-0.39, 0.29) is 16.8 Å². The summed E-state index contributed by atoms with van der Waals surface area (Å²) >= 11 is 0. The number of nitrogens with zero attached hydrogens (tertiary/aromatic N) is 1. The maximum absolute atomic E-state index is 13.7. The average molecular weight is 486 g/mol. The Bertz CT molecular complexity index is 1490. The van der Waals surface area contributed by atoms with Crippen LogP contribution in [0.4, 0.5) is 0 Å². The van der Waals surface area contributed by atoms with Gasteiger partial charge >= 0.3 is 11.6 Å². The van der Waals surface area contributed by atoms with E-state index in [0.29, 0.717) is 23.6 Å². The van der Waals surface area contributed by atoms with Crippen molar-refractivity contribution in [1.29, 1.82) is 0 Å². The fourth-order valence-corrected chi connectivity index (χ4v) is 4.19. The van der Waals surface area contributed by atoms with Crippen molar-refractivity contribution in [3.8, 4) is 11.5 Å². The van der Waals surface area contributed by atoms with Gasteiger partial charge in [0.1, 0.15) is 22.7 Å². The second kappa shape index (κ2) is 10.2. The molecule has 0 N–H and O–H groups in total. The summed E-state index contributed by atoms with van der Waals surface area (Å²) in [5.74, 6) is -2.23. The summed E-state index contributed by atoms with van der Waals surface area (Å²) in [6.07, 6.45) is 0. The van der Waals surface area contributed by atoms with E-state index >= 15 is 0 Å². The third kappa shape index (κ3) is 5.05. The topological polar surface area (TPSA) is 95.7 Å². The summed E-state index contributed by atoms with van der Waals surface area (Å²) in [6, 6.07) is 15.2. The summed E-state index contributed by atoms with van der Waals surface area (Å²) in [6.45, 7) is 9.77. The molecular formula is C29H27NO6. The molecule has 3 aromatic carbocycles. The fraction of sp³-hybridized carbons (Fsp3) is 0.241. The van der Waals surface area contributed by atoms with Crippen LogP contribution in [0.15, 0.2) is 63.8 Å². The van der Waals surface area contributed by atoms with Crippen LogP contribution in [0.5, 0.6) is 11.5 Å². The number of fused-ring (bicyclic) bond motifs is 1. The van der Waals surface area contributed by atoms with Crippen LogP contribution in [-0.2, 0) is 4.79 Å². The first-order valence-electron chi connectivity index (χ1n) is 11.7. The standard InChI is InChI=1S/C29H27NO6/c1-6-34-21-10-8-20(9-11-21)26(31)24(28(32)36-27-18(4)13-17(3)14-19(27)5)25-29(33)35-23-12-7-16(2)15-22(23)30-25/h7-15,24H,6H2,1-5H3. The zero-order valence-electron chi connectivity index (χ0n) is 20.9. The lowest BCUT2D eigenvalue weighted by atomic mass is 9.94. The van der Waals surface area contributed by atoms with Gasteiger partial charge in [0.25, 0.3) is 0 Å². The first-order chi connectivity index (χ1) is 17.2. The number of esters is 1. The number of rotatable bonds is 7. The van der Waals surface area contributed by atoms with Crippen molar-refractivity contribution < 1.29 is 23.5 Å². The SMILES string of the molecule is CCOc1ccc(C(=O)C(C(=O)Oc2c(C)cc(C)cc2C)c2nc3cc(C)ccc3oc2=O)cc1. The molecule has 1 atom stereocenters. The molecule has 7 heteroatoms. The molecule has 0 spiro atoms. The number of ketones is 1. The summed E-state index contributed by atoms with van der Waals surface area (Å²) in [5, 5.41) is 0. The van der Waals surface area contributed by atoms with E-state index in [9.17, 15) is 14.4 Å². The molecule has 0 fully saturated rings. The molecule has 184 valence electrons. The van der Waals surface area contributed by atoms with E-state index in [1.807, 2.05) is 46.8 Å². The third-order valence-electron chi connectivity index (χ3n) is 5.80. The van der Waals surface area contributed by atoms with Crippen LogP contribution in [0.1, 0.15) is 51.1 Å². The lowest BCUT2D eigenvalue weighted by molar-refractivity contribution is -0.135. The summed E-state index contributed by atoms with van der Waals surface area (Å²) in [4.78, 5) is 44.6. The maximum atomic E-state index is 13.7. The normalized spacial score (nSPS) is 11.8. The minimum absolute atomic E-state index is 0.211. The van der Waals surface area contributed by atoms with Crippen LogP contribution in [0.25, 0.3) is 11.1 Å². The van der Waals surface area contributed by atoms with Crippen molar-refractivity contribution in [2.75, 3.05) is 6.61 Å². The van der Waals surface area contributed by atoms with Crippen LogP contribution >= 0.6 is 0 Å². The van der Waals surface area contributed by atoms with Gasteiger partial charge in [0, 0.05) is 5.56 Å². The number of carbonyl (C=O) groups is 2. The predicted molar refractivity (Wildman–Crippen MR) is 136 cm³/mol. The molecule has 0 aliphatic rings. The third-order valence-corrected chi connectivity index (χ3v) is 5.80. The lowest BCUT2D eigenvalue weighted by Crippen LogP contribution is -2.32. The molecule has 7 nitrogen and oxygen atoms in total. The Labute approximate surface area is 208 Å². The van der Waals surface area contributed by atoms with Gasteiger partial charge in [-0.15, -0.1) is 0 Å². The number of benzene rings is 3. The Balaban J connectivity index is 1.82. The van der Waals surface area contributed by atoms with E-state index in [1.54, 1.807) is 42.5 Å². The van der Waals surface area contributed by atoms with Crippen molar-refractivity contribution in [3.63, 3.8) is 0 Å². The molecule has 0 saturated carbocycles. The van der Waals surface area contributed by atoms with Crippen molar-refractivity contribution in [2.45, 2.75) is 40.5 Å². The van der Waals surface area contributed by atoms with E-state index in [0.717, 1.165) is 22.3 Å². The highest BCUT2D eigenvalue weighted by molar-refractivity contribution is 6.13. The van der Waals surface area contributed by atoms with Gasteiger partial charge < -0.3 is 13.9 Å². The second-order valence-corrected chi connectivity index (χ2v) is 8.76. The largest absolute Gasteiger partial charge is 0.494 e. The van der Waals surface area contributed by atoms with E-state index in [1.165, 1.54) is 0 Å². The Morgan fingerprint density at radius 2 is 1.58 bits per heavy atom. The zero-order valence-corrected chi connectivity index (χ0v) is 20.9. The molecule has 36 heavy (non-hydrogen) atoms. The van der Waals surface area contributed by atoms with Crippen molar-refractivity contribution in [1.82, 2.24) is 4.98 Å². The van der Waals surface area contributed by atoms with Gasteiger partial charge in [0.2, 0.25) is 0 Å². The first-order valence-corrected chi connectivity index (χ1v) is 11.7. The Morgan fingerprint density at radius 1 is 0.917 bits per heavy atom. The Morgan fingerprint density at radius 3 is 2.22 bits per heavy atom. The number of hydrogen-bond donors (Lipinski definition) is 0. The highest BCUT2D eigenvalue weighted by atomic mass is 16.5. The highest BCUT2D eigenvalue weighted by Crippen LogP contribution is 2.29. The van der Waals surface area contributed by atoms with Crippen molar-refractivity contribution in [3.05, 3.63) is 98.5 Å². The first kappa shape index (κ1) is 24.9. The van der Waals surface area contributed by atoms with E-state index in [2.05, 4.69) is 4.98 Å². The number of aryl methyl sites for hydroxylation is 4. The van der Waals surface area contributed by atoms with E-state index in [4.69, 9.17) is 13.9 Å². The molecule has 0 aliphatic carbocycles. The molecule has 1 heterocycles. The highest BCUT2D eigenvalue weighted by Gasteiger charge is 2.36. The number of Topliss-reactive ketones (excluding diaryl/α,β-unsaturated/α-hetero) is 1. The van der Waals surface area contributed by atoms with Crippen LogP contribution < -0.4 is 15.1 Å². The van der Waals surface area contributed by atoms with Gasteiger partial charge in [-0.2, -0.15) is 0 Å². The molecule has 0 radical (unpaired) electrons. The predicted octanol–water partition coefficient (Wildman–Crippen LogP) is 5.39. The fourth-order valence-electron chi connectivity index (χ4n) is 4.19. The quantitative estimate of drug-likeness (QED) is 0.150. The summed E-state index contributed by atoms with van der Waals surface area (Å²) < 4.78 is 16.6. The molecule has 1 unspecified atom stereocenters. The van der Waals surface area contributed by atoms with Crippen LogP contribution in [0.3, 0.4) is 0 Å². The molecule has 1 aromatic heterocycles. The molecule has 0 amide bonds.